The Kier molecular flexibility index (Phi) is 26.2. The summed E-state index contributed by atoms with van der Waals surface area (Å²) < 4.78 is 104. The van der Waals surface area contributed by atoms with E-state index in [9.17, 15) is 9.59 Å². The molecule has 3 fully saturated rings. The molecule has 20 heteroatoms. The SMILES string of the molecule is CO[C@H]1O[C@H](COCc2ccccc2)[C@@H](OCc2ccccc2)[C@H](O[C@@H]2O[C@H](CO[C@@H]3O[C@H](COCc4ccccc4)[C@@H](OCc4ccccc4)[C@H](OCc4ccccc4)[C@H]3OC(=O)c3ccc(C)cc3)[C@@H](OCc3ccccc3)[C@H](OC(C)=O)[C@H]2N2C(=O)c3ccccc3C2=O)[C@H]1OCc1ccccc1. The number of imide groups is 1. The van der Waals surface area contributed by atoms with Crippen LogP contribution in [-0.2, 0) is 122 Å². The minimum absolute atomic E-state index is 0.0218. The van der Waals surface area contributed by atoms with Crippen LogP contribution in [0.15, 0.2) is 261 Å². The van der Waals surface area contributed by atoms with Crippen LogP contribution in [0.3, 0.4) is 0 Å². The molecule has 9 aromatic rings. The molecule has 13 rings (SSSR count). The van der Waals surface area contributed by atoms with Crippen LogP contribution in [0.5, 0.6) is 0 Å². The van der Waals surface area contributed by atoms with Gasteiger partial charge in [0.15, 0.2) is 31.1 Å². The fourth-order valence-electron chi connectivity index (χ4n) is 13.6. The maximum Gasteiger partial charge on any atom is 0.338 e. The summed E-state index contributed by atoms with van der Waals surface area (Å²) in [4.78, 5) is 61.1. The van der Waals surface area contributed by atoms with Crippen LogP contribution in [0.4, 0.5) is 0 Å². The summed E-state index contributed by atoms with van der Waals surface area (Å²) in [7, 11) is 1.48. The van der Waals surface area contributed by atoms with Crippen molar-refractivity contribution in [3.8, 4) is 0 Å². The van der Waals surface area contributed by atoms with E-state index >= 15 is 9.59 Å². The van der Waals surface area contributed by atoms with Crippen molar-refractivity contribution in [1.82, 2.24) is 4.90 Å². The van der Waals surface area contributed by atoms with Gasteiger partial charge in [-0.1, -0.05) is 242 Å². The number of hydrogen-bond acceptors (Lipinski definition) is 19. The largest absolute Gasteiger partial charge is 0.457 e. The van der Waals surface area contributed by atoms with Crippen LogP contribution in [0.1, 0.15) is 82.5 Å². The first kappa shape index (κ1) is 74.8. The average molecular weight is 1440 g/mol. The lowest BCUT2D eigenvalue weighted by Crippen LogP contribution is -2.70. The molecular weight excluding hydrogens is 1350 g/mol. The predicted molar refractivity (Wildman–Crippen MR) is 388 cm³/mol. The van der Waals surface area contributed by atoms with Gasteiger partial charge in [-0.2, -0.15) is 0 Å². The van der Waals surface area contributed by atoms with Crippen LogP contribution in [0, 0.1) is 6.92 Å². The number of hydrogen-bond donors (Lipinski definition) is 0. The van der Waals surface area contributed by atoms with Gasteiger partial charge >= 0.3 is 11.9 Å². The van der Waals surface area contributed by atoms with Crippen molar-refractivity contribution in [1.29, 1.82) is 0 Å². The van der Waals surface area contributed by atoms with Gasteiger partial charge in [-0.3, -0.25) is 19.3 Å². The molecule has 550 valence electrons. The summed E-state index contributed by atoms with van der Waals surface area (Å²) in [6.45, 7) is 2.97. The summed E-state index contributed by atoms with van der Waals surface area (Å²) >= 11 is 0. The number of nitrogens with zero attached hydrogens (tertiary/aromatic N) is 1. The number of carbonyl (C=O) groups excluding carboxylic acids is 4. The van der Waals surface area contributed by atoms with E-state index in [1.807, 2.05) is 231 Å². The standard InChI is InChI=1S/C86H87NO19/c1-57-43-45-66(46-44-57)83(91)105-80-77(98-52-64-37-21-9-22-38-64)74(96-50-62-33-17-7-18-34-62)69(54-93-47-59-27-11-4-12-28-59)104-86(80)100-56-71-73(95-49-61-31-15-6-16-32-61)76(101-58(2)88)72(87-81(89)67-41-25-26-42-68(67)82(87)90)84(102-71)106-78-75(97-51-63-35-19-8-20-36-63)70(55-94-48-60-29-13-5-14-30-60)103-85(92-3)79(78)99-53-65-39-23-10-24-40-65/h4-46,69-80,84-86H,47-56H2,1-3H3/t69-,70-,71-,72-,73-,74-,75-,76-,77+,78+,79-,80-,84+,85+,86-/m1/s1. The molecule has 0 aromatic heterocycles. The fourth-order valence-corrected chi connectivity index (χ4v) is 13.6. The molecule has 9 aromatic carbocycles. The van der Waals surface area contributed by atoms with E-state index in [2.05, 4.69) is 0 Å². The highest BCUT2D eigenvalue weighted by Crippen LogP contribution is 2.41. The van der Waals surface area contributed by atoms with Crippen molar-refractivity contribution in [3.63, 3.8) is 0 Å². The molecule has 4 aliphatic heterocycles. The summed E-state index contributed by atoms with van der Waals surface area (Å²) in [5.74, 6) is -2.96. The number of ether oxygens (including phenoxy) is 15. The number of rotatable bonds is 33. The van der Waals surface area contributed by atoms with Crippen LogP contribution >= 0.6 is 0 Å². The normalized spacial score (nSPS) is 25.0. The average Bonchev–Trinajstić information content (AvgIpc) is 1.48. The molecule has 4 aliphatic rings. The monoisotopic (exact) mass is 1440 g/mol. The third-order valence-electron chi connectivity index (χ3n) is 18.9. The Morgan fingerprint density at radius 2 is 0.698 bits per heavy atom. The lowest BCUT2D eigenvalue weighted by atomic mass is 9.93. The second-order valence-corrected chi connectivity index (χ2v) is 26.4. The number of benzene rings is 9. The van der Waals surface area contributed by atoms with Crippen molar-refractivity contribution in [2.24, 2.45) is 0 Å². The molecule has 0 spiro atoms. The zero-order valence-corrected chi connectivity index (χ0v) is 59.3. The first-order valence-corrected chi connectivity index (χ1v) is 35.7. The lowest BCUT2D eigenvalue weighted by molar-refractivity contribution is -0.367. The van der Waals surface area contributed by atoms with Crippen LogP contribution in [0.25, 0.3) is 0 Å². The maximum atomic E-state index is 15.5. The molecule has 3 saturated heterocycles. The maximum absolute atomic E-state index is 15.5. The highest BCUT2D eigenvalue weighted by atomic mass is 16.8. The van der Waals surface area contributed by atoms with Crippen LogP contribution < -0.4 is 0 Å². The van der Waals surface area contributed by atoms with Crippen molar-refractivity contribution in [3.05, 3.63) is 322 Å². The lowest BCUT2D eigenvalue weighted by Gasteiger charge is -2.51. The Bertz CT molecular complexity index is 4170. The molecule has 0 unspecified atom stereocenters. The van der Waals surface area contributed by atoms with Gasteiger partial charge in [0, 0.05) is 14.0 Å². The summed E-state index contributed by atoms with van der Waals surface area (Å²) in [6.07, 6.45) is -18.0. The topological polar surface area (TPSA) is 210 Å². The highest BCUT2D eigenvalue weighted by Gasteiger charge is 2.60. The van der Waals surface area contributed by atoms with Crippen LogP contribution in [0.2, 0.25) is 0 Å². The predicted octanol–water partition coefficient (Wildman–Crippen LogP) is 12.7. The molecule has 0 aliphatic carbocycles. The van der Waals surface area contributed by atoms with Crippen molar-refractivity contribution < 1.29 is 90.2 Å². The van der Waals surface area contributed by atoms with E-state index in [0.29, 0.717) is 5.56 Å². The molecule has 15 atom stereocenters. The number of fused-ring (bicyclic) bond motifs is 1. The molecule has 0 N–H and O–H groups in total. The minimum atomic E-state index is -1.78. The number of amides is 2. The van der Waals surface area contributed by atoms with Gasteiger partial charge in [0.05, 0.1) is 82.8 Å². The van der Waals surface area contributed by atoms with E-state index in [-0.39, 0.29) is 76.2 Å². The quantitative estimate of drug-likeness (QED) is 0.0276. The Hall–Kier alpha value is -9.46. The summed E-state index contributed by atoms with van der Waals surface area (Å²) in [6, 6.07) is 78.7. The summed E-state index contributed by atoms with van der Waals surface area (Å²) in [5.41, 5.74) is 7.12. The first-order valence-electron chi connectivity index (χ1n) is 35.7. The molecule has 0 saturated carbocycles. The number of esters is 2. The van der Waals surface area contributed by atoms with Gasteiger partial charge < -0.3 is 71.1 Å². The molecule has 106 heavy (non-hydrogen) atoms. The van der Waals surface area contributed by atoms with E-state index in [0.717, 1.165) is 43.8 Å². The van der Waals surface area contributed by atoms with E-state index < -0.39 is 122 Å². The summed E-state index contributed by atoms with van der Waals surface area (Å²) in [5, 5.41) is 0. The zero-order chi connectivity index (χ0) is 73.0. The third kappa shape index (κ3) is 19.2. The molecule has 0 radical (unpaired) electrons. The Morgan fingerprint density at radius 1 is 0.349 bits per heavy atom. The van der Waals surface area contributed by atoms with Crippen molar-refractivity contribution in [2.75, 3.05) is 26.9 Å². The van der Waals surface area contributed by atoms with Crippen molar-refractivity contribution in [2.45, 2.75) is 152 Å². The van der Waals surface area contributed by atoms with Gasteiger partial charge in [-0.25, -0.2) is 4.79 Å². The minimum Gasteiger partial charge on any atom is -0.457 e. The Balaban J connectivity index is 0.934. The van der Waals surface area contributed by atoms with Gasteiger partial charge in [-0.15, -0.1) is 0 Å². The number of carbonyl (C=O) groups is 4. The second-order valence-electron chi connectivity index (χ2n) is 26.4. The number of aryl methyl sites for hydroxylation is 1. The van der Waals surface area contributed by atoms with Crippen LogP contribution in [-0.4, -0.2) is 148 Å². The van der Waals surface area contributed by atoms with Gasteiger partial charge in [-0.05, 0) is 70.1 Å². The highest BCUT2D eigenvalue weighted by molar-refractivity contribution is 6.21. The van der Waals surface area contributed by atoms with Crippen molar-refractivity contribution >= 4 is 23.8 Å². The fraction of sp³-hybridized carbons (Fsp3) is 0.326. The smallest absolute Gasteiger partial charge is 0.338 e. The van der Waals surface area contributed by atoms with Gasteiger partial charge in [0.25, 0.3) is 11.8 Å². The molecule has 4 heterocycles. The van der Waals surface area contributed by atoms with Gasteiger partial charge in [0.2, 0.25) is 0 Å². The zero-order valence-electron chi connectivity index (χ0n) is 59.3. The Labute approximate surface area is 617 Å². The number of methoxy groups -OCH3 is 1. The van der Waals surface area contributed by atoms with E-state index in [4.69, 9.17) is 71.1 Å². The first-order chi connectivity index (χ1) is 52.0. The van der Waals surface area contributed by atoms with Gasteiger partial charge in [0.1, 0.15) is 61.0 Å². The molecular formula is C86H87NO19. The Morgan fingerprint density at radius 3 is 1.11 bits per heavy atom. The molecule has 0 bridgehead atoms. The second kappa shape index (κ2) is 37.2. The van der Waals surface area contributed by atoms with E-state index in [1.54, 1.807) is 36.4 Å². The molecule has 20 nitrogen and oxygen atoms in total. The molecule has 2 amide bonds. The third-order valence-corrected chi connectivity index (χ3v) is 18.9. The van der Waals surface area contributed by atoms with E-state index in [1.165, 1.54) is 14.0 Å².